The van der Waals surface area contributed by atoms with E-state index in [0.717, 1.165) is 22.7 Å². The lowest BCUT2D eigenvalue weighted by atomic mass is 9.97. The summed E-state index contributed by atoms with van der Waals surface area (Å²) >= 11 is 1.32. The molecule has 0 bridgehead atoms. The van der Waals surface area contributed by atoms with Crippen molar-refractivity contribution < 1.29 is 9.53 Å². The monoisotopic (exact) mass is 452 g/mol. The average molecular weight is 453 g/mol. The minimum Gasteiger partial charge on any atom is -0.494 e. The Labute approximate surface area is 192 Å². The first-order valence-electron chi connectivity index (χ1n) is 10.7. The van der Waals surface area contributed by atoms with Crippen LogP contribution in [0, 0.1) is 18.3 Å². The summed E-state index contributed by atoms with van der Waals surface area (Å²) in [6, 6.07) is 15.4. The van der Waals surface area contributed by atoms with E-state index >= 15 is 0 Å². The molecule has 2 aromatic rings. The molecule has 3 atom stereocenters. The van der Waals surface area contributed by atoms with Gasteiger partial charge in [0.1, 0.15) is 17.8 Å². The number of nitrogens with one attached hydrogen (secondary N) is 4. The molecule has 0 spiro atoms. The van der Waals surface area contributed by atoms with Crippen molar-refractivity contribution in [2.75, 3.05) is 22.6 Å². The maximum atomic E-state index is 12.6. The predicted molar refractivity (Wildman–Crippen MR) is 131 cm³/mol. The van der Waals surface area contributed by atoms with Gasteiger partial charge in [0, 0.05) is 17.4 Å². The van der Waals surface area contributed by atoms with E-state index in [2.05, 4.69) is 16.2 Å². The first-order valence-corrected chi connectivity index (χ1v) is 11.6. The molecule has 0 radical (unpaired) electrons. The summed E-state index contributed by atoms with van der Waals surface area (Å²) in [6.07, 6.45) is -0.237. The second-order valence-corrected chi connectivity index (χ2v) is 8.75. The number of hydrazine groups is 1. The number of ether oxygens (including phenoxy) is 1. The lowest BCUT2D eigenvalue weighted by Gasteiger charge is -2.36. The molecule has 2 heterocycles. The van der Waals surface area contributed by atoms with E-state index in [-0.39, 0.29) is 29.8 Å². The SMILES string of the molecule is CCOc1ccc(N2C(=N)C3C(C)NNC3N=C2SCC(=O)Nc2ccc(C)cc2)cc1. The number of carbonyl (C=O) groups is 1. The minimum absolute atomic E-state index is 0.0674. The Kier molecular flexibility index (Phi) is 6.78. The Hall–Kier alpha value is -2.88. The van der Waals surface area contributed by atoms with Crippen LogP contribution in [-0.4, -0.2) is 41.5 Å². The lowest BCUT2D eigenvalue weighted by Crippen LogP contribution is -2.50. The number of amides is 1. The van der Waals surface area contributed by atoms with Crippen molar-refractivity contribution >= 4 is 40.0 Å². The number of aliphatic imine (C=N–C) groups is 1. The first kappa shape index (κ1) is 22.3. The zero-order chi connectivity index (χ0) is 22.7. The third kappa shape index (κ3) is 4.79. The van der Waals surface area contributed by atoms with Crippen molar-refractivity contribution in [2.24, 2.45) is 10.9 Å². The van der Waals surface area contributed by atoms with Crippen LogP contribution >= 0.6 is 11.8 Å². The number of anilines is 2. The number of hydrogen-bond acceptors (Lipinski definition) is 7. The summed E-state index contributed by atoms with van der Waals surface area (Å²) < 4.78 is 5.55. The van der Waals surface area contributed by atoms with Crippen molar-refractivity contribution in [3.8, 4) is 5.75 Å². The molecule has 4 rings (SSSR count). The maximum absolute atomic E-state index is 12.6. The van der Waals surface area contributed by atoms with Gasteiger partial charge in [0.05, 0.1) is 18.3 Å². The van der Waals surface area contributed by atoms with Crippen molar-refractivity contribution in [3.63, 3.8) is 0 Å². The van der Waals surface area contributed by atoms with Crippen LogP contribution in [0.5, 0.6) is 5.75 Å². The first-order chi connectivity index (χ1) is 15.5. The van der Waals surface area contributed by atoms with E-state index in [0.29, 0.717) is 17.6 Å². The molecule has 0 aliphatic carbocycles. The molecular weight excluding hydrogens is 424 g/mol. The van der Waals surface area contributed by atoms with E-state index < -0.39 is 0 Å². The highest BCUT2D eigenvalue weighted by molar-refractivity contribution is 8.14. The van der Waals surface area contributed by atoms with E-state index in [1.54, 1.807) is 0 Å². The molecule has 1 amide bonds. The van der Waals surface area contributed by atoms with Gasteiger partial charge in [-0.15, -0.1) is 0 Å². The summed E-state index contributed by atoms with van der Waals surface area (Å²) in [5.41, 5.74) is 9.06. The number of hydrogen-bond donors (Lipinski definition) is 4. The van der Waals surface area contributed by atoms with Crippen molar-refractivity contribution in [1.82, 2.24) is 10.9 Å². The molecule has 32 heavy (non-hydrogen) atoms. The van der Waals surface area contributed by atoms with Gasteiger partial charge in [-0.05, 0) is 57.2 Å². The molecule has 2 aliphatic heterocycles. The number of thioether (sulfide) groups is 1. The van der Waals surface area contributed by atoms with Gasteiger partial charge >= 0.3 is 0 Å². The number of nitrogens with zero attached hydrogens (tertiary/aromatic N) is 2. The Bertz CT molecular complexity index is 1010. The number of fused-ring (bicyclic) bond motifs is 1. The highest BCUT2D eigenvalue weighted by atomic mass is 32.2. The van der Waals surface area contributed by atoms with Crippen molar-refractivity contribution in [3.05, 3.63) is 54.1 Å². The molecule has 8 nitrogen and oxygen atoms in total. The van der Waals surface area contributed by atoms with E-state index in [9.17, 15) is 4.79 Å². The van der Waals surface area contributed by atoms with Crippen LogP contribution < -0.4 is 25.8 Å². The number of amidine groups is 2. The van der Waals surface area contributed by atoms with E-state index in [1.807, 2.05) is 74.2 Å². The number of aryl methyl sites for hydroxylation is 1. The minimum atomic E-state index is -0.237. The van der Waals surface area contributed by atoms with Crippen LogP contribution in [0.1, 0.15) is 19.4 Å². The molecule has 0 saturated carbocycles. The number of benzene rings is 2. The van der Waals surface area contributed by atoms with Crippen LogP contribution in [0.4, 0.5) is 11.4 Å². The zero-order valence-electron chi connectivity index (χ0n) is 18.4. The largest absolute Gasteiger partial charge is 0.494 e. The summed E-state index contributed by atoms with van der Waals surface area (Å²) in [5.74, 6) is 1.19. The summed E-state index contributed by atoms with van der Waals surface area (Å²) in [4.78, 5) is 19.2. The van der Waals surface area contributed by atoms with Gasteiger partial charge in [0.25, 0.3) is 0 Å². The van der Waals surface area contributed by atoms with Gasteiger partial charge in [0.15, 0.2) is 5.17 Å². The molecule has 1 saturated heterocycles. The zero-order valence-corrected chi connectivity index (χ0v) is 19.2. The van der Waals surface area contributed by atoms with Crippen LogP contribution in [0.3, 0.4) is 0 Å². The van der Waals surface area contributed by atoms with Gasteiger partial charge in [-0.3, -0.25) is 20.5 Å². The molecule has 2 aliphatic rings. The standard InChI is InChI=1S/C23H28N6O2S/c1-4-31-18-11-9-17(10-12-18)29-21(24)20-15(3)27-28-22(20)26-23(29)32-13-19(30)25-16-7-5-14(2)6-8-16/h5-12,15,20,22,24,27-28H,4,13H2,1-3H3,(H,25,30). The quantitative estimate of drug-likeness (QED) is 0.536. The molecule has 2 aromatic carbocycles. The topological polar surface area (TPSA) is 102 Å². The fourth-order valence-electron chi connectivity index (χ4n) is 3.77. The predicted octanol–water partition coefficient (Wildman–Crippen LogP) is 3.36. The smallest absolute Gasteiger partial charge is 0.234 e. The Morgan fingerprint density at radius 1 is 1.19 bits per heavy atom. The van der Waals surface area contributed by atoms with Gasteiger partial charge in [-0.2, -0.15) is 0 Å². The summed E-state index contributed by atoms with van der Waals surface area (Å²) in [6.45, 7) is 6.58. The normalized spacial score (nSPS) is 22.3. The summed E-state index contributed by atoms with van der Waals surface area (Å²) in [7, 11) is 0. The third-order valence-electron chi connectivity index (χ3n) is 5.41. The summed E-state index contributed by atoms with van der Waals surface area (Å²) in [5, 5.41) is 12.4. The molecule has 4 N–H and O–H groups in total. The van der Waals surface area contributed by atoms with Crippen LogP contribution in [-0.2, 0) is 4.79 Å². The molecule has 3 unspecified atom stereocenters. The maximum Gasteiger partial charge on any atom is 0.234 e. The van der Waals surface area contributed by atoms with E-state index in [4.69, 9.17) is 15.1 Å². The van der Waals surface area contributed by atoms with Crippen molar-refractivity contribution in [1.29, 1.82) is 5.41 Å². The Balaban J connectivity index is 1.52. The molecule has 168 valence electrons. The van der Waals surface area contributed by atoms with Gasteiger partial charge in [-0.25, -0.2) is 10.4 Å². The second-order valence-electron chi connectivity index (χ2n) is 7.81. The van der Waals surface area contributed by atoms with Crippen LogP contribution in [0.15, 0.2) is 53.5 Å². The highest BCUT2D eigenvalue weighted by Crippen LogP contribution is 2.32. The third-order valence-corrected chi connectivity index (χ3v) is 6.36. The van der Waals surface area contributed by atoms with Crippen LogP contribution in [0.25, 0.3) is 0 Å². The highest BCUT2D eigenvalue weighted by Gasteiger charge is 2.43. The van der Waals surface area contributed by atoms with E-state index in [1.165, 1.54) is 11.8 Å². The molecule has 9 heteroatoms. The average Bonchev–Trinajstić information content (AvgIpc) is 3.16. The van der Waals surface area contributed by atoms with Gasteiger partial charge in [0.2, 0.25) is 5.91 Å². The fourth-order valence-corrected chi connectivity index (χ4v) is 4.62. The Morgan fingerprint density at radius 2 is 1.91 bits per heavy atom. The molecular formula is C23H28N6O2S. The fraction of sp³-hybridized carbons (Fsp3) is 0.348. The van der Waals surface area contributed by atoms with Crippen molar-refractivity contribution in [2.45, 2.75) is 33.0 Å². The molecule has 0 aromatic heterocycles. The van der Waals surface area contributed by atoms with Crippen LogP contribution in [0.2, 0.25) is 0 Å². The molecule has 1 fully saturated rings. The Morgan fingerprint density at radius 3 is 2.59 bits per heavy atom. The van der Waals surface area contributed by atoms with Gasteiger partial charge < -0.3 is 10.1 Å². The second kappa shape index (κ2) is 9.72. The lowest BCUT2D eigenvalue weighted by molar-refractivity contribution is -0.113. The number of rotatable bonds is 6. The number of carbonyl (C=O) groups excluding carboxylic acids is 1. The van der Waals surface area contributed by atoms with Gasteiger partial charge in [-0.1, -0.05) is 29.5 Å².